The van der Waals surface area contributed by atoms with Gasteiger partial charge in [0.25, 0.3) is 0 Å². The van der Waals surface area contributed by atoms with Crippen molar-refractivity contribution in [2.75, 3.05) is 6.61 Å². The molecule has 4 saturated carbocycles. The van der Waals surface area contributed by atoms with Crippen LogP contribution in [0.4, 0.5) is 0 Å². The molecule has 0 aromatic heterocycles. The Labute approximate surface area is 218 Å². The Balaban J connectivity index is 1.23. The molecule has 1 unspecified atom stereocenters. The van der Waals surface area contributed by atoms with E-state index in [1.807, 2.05) is 0 Å². The molecule has 0 N–H and O–H groups in total. The Morgan fingerprint density at radius 3 is 2.44 bits per heavy atom. The van der Waals surface area contributed by atoms with Crippen LogP contribution in [0.1, 0.15) is 106 Å². The second-order valence-corrected chi connectivity index (χ2v) is 14.0. The quantitative estimate of drug-likeness (QED) is 0.384. The van der Waals surface area contributed by atoms with E-state index >= 15 is 0 Å². The molecular weight excluding hydrogens is 452 g/mol. The Morgan fingerprint density at radius 1 is 0.972 bits per heavy atom. The van der Waals surface area contributed by atoms with Gasteiger partial charge in [-0.1, -0.05) is 27.7 Å². The minimum atomic E-state index is -0.184. The van der Waals surface area contributed by atoms with Crippen LogP contribution in [0.15, 0.2) is 0 Å². The van der Waals surface area contributed by atoms with Crippen molar-refractivity contribution in [3.63, 3.8) is 0 Å². The van der Waals surface area contributed by atoms with Crippen molar-refractivity contribution in [3.8, 4) is 0 Å². The van der Waals surface area contributed by atoms with Gasteiger partial charge in [0.2, 0.25) is 0 Å². The maximum atomic E-state index is 11.6. The first kappa shape index (κ1) is 26.5. The molecule has 36 heavy (non-hydrogen) atoms. The molecule has 0 bridgehead atoms. The van der Waals surface area contributed by atoms with E-state index in [-0.39, 0.29) is 18.0 Å². The van der Waals surface area contributed by atoms with Crippen LogP contribution in [0.3, 0.4) is 0 Å². The van der Waals surface area contributed by atoms with Gasteiger partial charge in [-0.25, -0.2) is 0 Å². The van der Waals surface area contributed by atoms with Gasteiger partial charge < -0.3 is 14.2 Å². The van der Waals surface area contributed by atoms with Gasteiger partial charge in [0, 0.05) is 13.8 Å². The largest absolute Gasteiger partial charge is 0.466 e. The zero-order valence-corrected chi connectivity index (χ0v) is 23.6. The van der Waals surface area contributed by atoms with E-state index in [4.69, 9.17) is 14.2 Å². The summed E-state index contributed by atoms with van der Waals surface area (Å²) in [6.45, 7) is 13.4. The normalized spacial score (nSPS) is 48.2. The fraction of sp³-hybridized carbons (Fsp3) is 0.935. The lowest BCUT2D eigenvalue weighted by Gasteiger charge is -2.61. The average molecular weight is 503 g/mol. The molecule has 204 valence electrons. The van der Waals surface area contributed by atoms with Crippen LogP contribution >= 0.6 is 0 Å². The lowest BCUT2D eigenvalue weighted by molar-refractivity contribution is -0.160. The van der Waals surface area contributed by atoms with Gasteiger partial charge in [-0.15, -0.1) is 0 Å². The third-order valence-electron chi connectivity index (χ3n) is 12.1. The van der Waals surface area contributed by atoms with Gasteiger partial charge in [-0.3, -0.25) is 9.59 Å². The third-order valence-corrected chi connectivity index (χ3v) is 12.1. The van der Waals surface area contributed by atoms with Gasteiger partial charge in [0.1, 0.15) is 6.10 Å². The summed E-state index contributed by atoms with van der Waals surface area (Å²) in [5.74, 6) is 4.52. The summed E-state index contributed by atoms with van der Waals surface area (Å²) in [6.07, 6.45) is 13.0. The Morgan fingerprint density at radius 2 is 1.72 bits per heavy atom. The highest BCUT2D eigenvalue weighted by molar-refractivity contribution is 5.66. The van der Waals surface area contributed by atoms with Crippen molar-refractivity contribution < 1.29 is 23.8 Å². The van der Waals surface area contributed by atoms with Crippen molar-refractivity contribution >= 4 is 11.9 Å². The number of hydrogen-bond donors (Lipinski definition) is 0. The number of hydrogen-bond acceptors (Lipinski definition) is 5. The Kier molecular flexibility index (Phi) is 7.28. The predicted octanol–water partition coefficient (Wildman–Crippen LogP) is 6.57. The molecule has 5 heteroatoms. The van der Waals surface area contributed by atoms with Crippen LogP contribution in [-0.2, 0) is 23.8 Å². The van der Waals surface area contributed by atoms with E-state index in [0.29, 0.717) is 53.3 Å². The first-order valence-electron chi connectivity index (χ1n) is 15.0. The lowest BCUT2D eigenvalue weighted by atomic mass is 9.44. The molecule has 1 heterocycles. The standard InChI is InChI=1S/C31H50O5/c1-18(17-34-20(3)32)7-10-27-19(2)29-28(36-27)16-26-24-9-8-22-15-23(35-21(4)33)11-13-30(22,5)25(24)12-14-31(26,29)6/h18-19,22-29H,7-17H2,1-6H3/t18-,19-,22+,23+,24-,25+,26+,27?,28+,29+,30+,31+/m1/s1. The summed E-state index contributed by atoms with van der Waals surface area (Å²) in [4.78, 5) is 22.7. The summed E-state index contributed by atoms with van der Waals surface area (Å²) in [6, 6.07) is 0. The molecule has 5 rings (SSSR count). The molecule has 0 spiro atoms. The predicted molar refractivity (Wildman–Crippen MR) is 139 cm³/mol. The fourth-order valence-corrected chi connectivity index (χ4v) is 10.4. The molecule has 1 saturated heterocycles. The monoisotopic (exact) mass is 502 g/mol. The summed E-state index contributed by atoms with van der Waals surface area (Å²) in [7, 11) is 0. The highest BCUT2D eigenvalue weighted by Gasteiger charge is 2.65. The molecule has 0 radical (unpaired) electrons. The van der Waals surface area contributed by atoms with Gasteiger partial charge in [0.15, 0.2) is 0 Å². The first-order chi connectivity index (χ1) is 17.0. The molecular formula is C31H50O5. The highest BCUT2D eigenvalue weighted by Crippen LogP contribution is 2.70. The maximum absolute atomic E-state index is 11.6. The van der Waals surface area contributed by atoms with Crippen LogP contribution < -0.4 is 0 Å². The molecule has 12 atom stereocenters. The summed E-state index contributed by atoms with van der Waals surface area (Å²) in [5, 5.41) is 0. The summed E-state index contributed by atoms with van der Waals surface area (Å²) in [5.41, 5.74) is 0.813. The van der Waals surface area contributed by atoms with Crippen LogP contribution in [-0.4, -0.2) is 36.9 Å². The third kappa shape index (κ3) is 4.54. The van der Waals surface area contributed by atoms with Crippen LogP contribution in [0.2, 0.25) is 0 Å². The number of carbonyl (C=O) groups excluding carboxylic acids is 2. The van der Waals surface area contributed by atoms with E-state index in [1.54, 1.807) is 6.92 Å². The number of esters is 2. The average Bonchev–Trinajstić information content (AvgIpc) is 3.29. The van der Waals surface area contributed by atoms with Crippen molar-refractivity contribution in [2.24, 2.45) is 52.3 Å². The van der Waals surface area contributed by atoms with Crippen molar-refractivity contribution in [1.82, 2.24) is 0 Å². The highest BCUT2D eigenvalue weighted by atomic mass is 16.5. The summed E-state index contributed by atoms with van der Waals surface area (Å²) < 4.78 is 17.7. The molecule has 5 fully saturated rings. The van der Waals surface area contributed by atoms with Crippen LogP contribution in [0, 0.1) is 52.3 Å². The van der Waals surface area contributed by atoms with Crippen molar-refractivity contribution in [2.45, 2.75) is 124 Å². The minimum Gasteiger partial charge on any atom is -0.466 e. The Hall–Kier alpha value is -1.10. The van der Waals surface area contributed by atoms with Crippen LogP contribution in [0.5, 0.6) is 0 Å². The second kappa shape index (κ2) is 9.89. The molecule has 1 aliphatic heterocycles. The zero-order valence-electron chi connectivity index (χ0n) is 23.6. The smallest absolute Gasteiger partial charge is 0.302 e. The van der Waals surface area contributed by atoms with Gasteiger partial charge in [0.05, 0.1) is 18.8 Å². The lowest BCUT2D eigenvalue weighted by Crippen LogP contribution is -2.54. The van der Waals surface area contributed by atoms with E-state index < -0.39 is 0 Å². The number of ether oxygens (including phenoxy) is 3. The van der Waals surface area contributed by atoms with E-state index in [9.17, 15) is 9.59 Å². The topological polar surface area (TPSA) is 61.8 Å². The summed E-state index contributed by atoms with van der Waals surface area (Å²) >= 11 is 0. The van der Waals surface area contributed by atoms with E-state index in [0.717, 1.165) is 43.4 Å². The molecule has 5 aliphatic rings. The Bertz CT molecular complexity index is 841. The molecule has 0 aromatic carbocycles. The van der Waals surface area contributed by atoms with Gasteiger partial charge >= 0.3 is 11.9 Å². The van der Waals surface area contributed by atoms with Gasteiger partial charge in [-0.2, -0.15) is 0 Å². The number of rotatable bonds is 6. The molecule has 4 aliphatic carbocycles. The minimum absolute atomic E-state index is 0.116. The molecule has 5 nitrogen and oxygen atoms in total. The second-order valence-electron chi connectivity index (χ2n) is 14.0. The van der Waals surface area contributed by atoms with Crippen molar-refractivity contribution in [3.05, 3.63) is 0 Å². The SMILES string of the molecule is CC(=O)OC[C@H](C)CCC1O[C@H]2C[C@H]3[C@@H]4CC[C@H]5C[C@@H](OC(C)=O)CC[C@]5(C)[C@H]4CC[C@]3(C)[C@H]2[C@@H]1C. The van der Waals surface area contributed by atoms with E-state index in [2.05, 4.69) is 27.7 Å². The first-order valence-corrected chi connectivity index (χ1v) is 15.0. The molecule has 0 aromatic rings. The van der Waals surface area contributed by atoms with E-state index in [1.165, 1.54) is 45.4 Å². The fourth-order valence-electron chi connectivity index (χ4n) is 10.4. The molecule has 0 amide bonds. The van der Waals surface area contributed by atoms with Crippen molar-refractivity contribution in [1.29, 1.82) is 0 Å². The maximum Gasteiger partial charge on any atom is 0.302 e. The number of carbonyl (C=O) groups is 2. The number of fused-ring (bicyclic) bond motifs is 7. The zero-order chi connectivity index (χ0) is 25.8. The van der Waals surface area contributed by atoms with Gasteiger partial charge in [-0.05, 0) is 116 Å². The van der Waals surface area contributed by atoms with Crippen LogP contribution in [0.25, 0.3) is 0 Å².